The van der Waals surface area contributed by atoms with E-state index in [9.17, 15) is 54.9 Å². The molecule has 77 heavy (non-hydrogen) atoms. The third-order valence-corrected chi connectivity index (χ3v) is 15.1. The summed E-state index contributed by atoms with van der Waals surface area (Å²) in [6.07, 6.45) is -22.7. The van der Waals surface area contributed by atoms with Crippen LogP contribution in [0.2, 0.25) is 0 Å². The first kappa shape index (κ1) is 64.8. The number of allylic oxidation sites excluding steroid dienone is 1. The van der Waals surface area contributed by atoms with Crippen molar-refractivity contribution in [2.75, 3.05) is 6.61 Å². The highest BCUT2D eigenvalue weighted by Gasteiger charge is 2.58. The number of ether oxygens (including phenoxy) is 12. The van der Waals surface area contributed by atoms with Crippen LogP contribution < -0.4 is 0 Å². The lowest BCUT2D eigenvalue weighted by molar-refractivity contribution is -0.399. The van der Waals surface area contributed by atoms with Gasteiger partial charge in [0.2, 0.25) is 0 Å². The summed E-state index contributed by atoms with van der Waals surface area (Å²) in [6.45, 7) is 14.9. The number of unbranched alkanes of at least 4 members (excludes halogenated alkanes) is 2. The van der Waals surface area contributed by atoms with Crippen LogP contribution in [0.5, 0.6) is 0 Å². The number of aliphatic hydroxyl groups excluding tert-OH is 7. The van der Waals surface area contributed by atoms with E-state index in [0.29, 0.717) is 25.7 Å². The molecule has 5 aliphatic heterocycles. The van der Waals surface area contributed by atoms with Crippen LogP contribution in [0.4, 0.5) is 0 Å². The lowest BCUT2D eigenvalue weighted by atomic mass is 9.95. The van der Waals surface area contributed by atoms with Gasteiger partial charge in [0.15, 0.2) is 43.5 Å². The van der Waals surface area contributed by atoms with Gasteiger partial charge in [0.05, 0.1) is 42.4 Å². The molecule has 23 atom stereocenters. The Morgan fingerprint density at radius 1 is 0.636 bits per heavy atom. The van der Waals surface area contributed by atoms with Gasteiger partial charge in [-0.1, -0.05) is 84.6 Å². The molecule has 7 N–H and O–H groups in total. The van der Waals surface area contributed by atoms with Crippen molar-refractivity contribution >= 4 is 23.9 Å². The third-order valence-electron chi connectivity index (χ3n) is 15.1. The van der Waals surface area contributed by atoms with Gasteiger partial charge in [0, 0.05) is 12.0 Å². The van der Waals surface area contributed by atoms with Gasteiger partial charge in [-0.3, -0.25) is 14.4 Å². The molecule has 444 valence electrons. The van der Waals surface area contributed by atoms with E-state index >= 15 is 0 Å². The first-order valence-electron chi connectivity index (χ1n) is 27.9. The topological polar surface area (TPSA) is 321 Å². The van der Waals surface area contributed by atoms with Crippen molar-refractivity contribution in [1.82, 2.24) is 0 Å². The fourth-order valence-electron chi connectivity index (χ4n) is 9.72. The zero-order valence-corrected chi connectivity index (χ0v) is 46.5. The van der Waals surface area contributed by atoms with E-state index in [-0.39, 0.29) is 18.1 Å². The summed E-state index contributed by atoms with van der Waals surface area (Å²) in [6, 6.07) is 0. The average Bonchev–Trinajstić information content (AvgIpc) is 3.40. The summed E-state index contributed by atoms with van der Waals surface area (Å²) in [4.78, 5) is 53.7. The standard InChI is InChI=1S/C54H90O23/c1-11-13-19-22-33-23-20-17-15-14-16-18-21-24-35(56)72-46-42(75-51-41(62)43(37(58)31(9)67-51)73-48(63)26(3)4)32(10)69-54(47(46)74-49(64)27(5)12-2)77-45-40(61)38(59)34(25-66-50(65)28(6)29(7)55)71-53(45)76-44-39(60)36(57)30(8)68-52(44)70-33/h12,26,28-34,36-47,51-55,57-62H,11,13-25H2,1-10H3/b27-12+/t28-,29-,30+,31+,32-,33+,34+,36-,37+,38+,39-,40-,41+,42-,43-,44+,45+,46+,47+,51-,52-,53-,54-/m0/s1. The predicted octanol–water partition coefficient (Wildman–Crippen LogP) is 2.67. The molecule has 0 spiro atoms. The van der Waals surface area contributed by atoms with Crippen molar-refractivity contribution in [1.29, 1.82) is 0 Å². The lowest BCUT2D eigenvalue weighted by Crippen LogP contribution is -2.68. The molecule has 5 saturated heterocycles. The maximum atomic E-state index is 14.1. The molecule has 5 rings (SSSR count). The molecule has 5 aliphatic rings. The molecule has 5 heterocycles. The van der Waals surface area contributed by atoms with Crippen LogP contribution in [-0.4, -0.2) is 201 Å². The second-order valence-corrected chi connectivity index (χ2v) is 21.7. The van der Waals surface area contributed by atoms with Crippen molar-refractivity contribution in [3.05, 3.63) is 11.6 Å². The van der Waals surface area contributed by atoms with E-state index < -0.39 is 171 Å². The Labute approximate surface area is 452 Å². The number of hydrogen-bond donors (Lipinski definition) is 7. The molecular formula is C54H90O23. The molecule has 5 fully saturated rings. The largest absolute Gasteiger partial charge is 0.463 e. The summed E-state index contributed by atoms with van der Waals surface area (Å²) in [5.41, 5.74) is 0.0970. The van der Waals surface area contributed by atoms with Crippen LogP contribution in [0.25, 0.3) is 0 Å². The molecule has 2 bridgehead atoms. The second kappa shape index (κ2) is 30.7. The minimum Gasteiger partial charge on any atom is -0.463 e. The van der Waals surface area contributed by atoms with E-state index in [1.807, 2.05) is 0 Å². The number of fused-ring (bicyclic) bond motifs is 4. The van der Waals surface area contributed by atoms with Crippen molar-refractivity contribution in [3.8, 4) is 0 Å². The minimum atomic E-state index is -2.03. The fraction of sp³-hybridized carbons (Fsp3) is 0.889. The maximum absolute atomic E-state index is 14.1. The SMILES string of the molecule is C/C=C(\C)C(=O)O[C@H]1[C@@H]2O[C@H]3[C@H](O[C@H]4[C@H](O[C@H](CCCCC)CCCCCCCCCC(=O)O[C@@H]1[C@@H](O[C@@H]1O[C@H](C)[C@@H](O)[C@H](OC(=O)C(C)C)[C@H]1O)[C@H](C)O2)O[C@H](C)[C@H](O)[C@@H]4O)O[C@H](COC(=O)[C@@H](C)[C@H](C)O)[C@@H](O)[C@@H]3O. The lowest BCUT2D eigenvalue weighted by Gasteiger charge is -2.50. The molecule has 0 amide bonds. The molecule has 0 saturated carbocycles. The van der Waals surface area contributed by atoms with Crippen LogP contribution >= 0.6 is 0 Å². The Morgan fingerprint density at radius 3 is 1.87 bits per heavy atom. The summed E-state index contributed by atoms with van der Waals surface area (Å²) in [5.74, 6) is -4.87. The van der Waals surface area contributed by atoms with Crippen LogP contribution in [0, 0.1) is 11.8 Å². The Bertz CT molecular complexity index is 1870. The fourth-order valence-corrected chi connectivity index (χ4v) is 9.72. The highest BCUT2D eigenvalue weighted by atomic mass is 16.8. The van der Waals surface area contributed by atoms with Crippen LogP contribution in [0.15, 0.2) is 11.6 Å². The number of carbonyl (C=O) groups excluding carboxylic acids is 4. The van der Waals surface area contributed by atoms with Gasteiger partial charge in [-0.2, -0.15) is 0 Å². The highest BCUT2D eigenvalue weighted by molar-refractivity contribution is 5.87. The maximum Gasteiger partial charge on any atom is 0.333 e. The average molecular weight is 1110 g/mol. The van der Waals surface area contributed by atoms with Crippen LogP contribution in [0.3, 0.4) is 0 Å². The van der Waals surface area contributed by atoms with Crippen molar-refractivity contribution in [3.63, 3.8) is 0 Å². The van der Waals surface area contributed by atoms with Gasteiger partial charge in [0.25, 0.3) is 0 Å². The number of esters is 4. The highest BCUT2D eigenvalue weighted by Crippen LogP contribution is 2.38. The molecule has 23 heteroatoms. The quantitative estimate of drug-likeness (QED) is 0.0569. The molecule has 23 nitrogen and oxygen atoms in total. The molecule has 0 aromatic carbocycles. The van der Waals surface area contributed by atoms with Gasteiger partial charge in [-0.15, -0.1) is 0 Å². The second-order valence-electron chi connectivity index (χ2n) is 21.7. The van der Waals surface area contributed by atoms with Crippen LogP contribution in [0.1, 0.15) is 153 Å². The van der Waals surface area contributed by atoms with E-state index in [0.717, 1.165) is 51.4 Å². The van der Waals surface area contributed by atoms with Crippen molar-refractivity contribution in [2.45, 2.75) is 288 Å². The van der Waals surface area contributed by atoms with Gasteiger partial charge < -0.3 is 92.6 Å². The Morgan fingerprint density at radius 2 is 1.23 bits per heavy atom. The molecular weight excluding hydrogens is 1020 g/mol. The summed E-state index contributed by atoms with van der Waals surface area (Å²) in [5, 5.41) is 79.8. The Hall–Kier alpha value is -2.98. The zero-order chi connectivity index (χ0) is 56.8. The number of aliphatic hydroxyl groups is 7. The molecule has 0 aromatic rings. The van der Waals surface area contributed by atoms with E-state index in [4.69, 9.17) is 56.8 Å². The smallest absolute Gasteiger partial charge is 0.333 e. The number of rotatable bonds is 14. The van der Waals surface area contributed by atoms with Gasteiger partial charge in [-0.05, 0) is 67.7 Å². The van der Waals surface area contributed by atoms with Gasteiger partial charge in [-0.25, -0.2) is 4.79 Å². The van der Waals surface area contributed by atoms with Gasteiger partial charge >= 0.3 is 23.9 Å². The Balaban J connectivity index is 1.61. The van der Waals surface area contributed by atoms with Crippen molar-refractivity contribution in [2.24, 2.45) is 11.8 Å². The summed E-state index contributed by atoms with van der Waals surface area (Å²) < 4.78 is 74.3. The first-order valence-corrected chi connectivity index (χ1v) is 27.9. The van der Waals surface area contributed by atoms with E-state index in [1.54, 1.807) is 27.7 Å². The molecule has 0 radical (unpaired) electrons. The predicted molar refractivity (Wildman–Crippen MR) is 269 cm³/mol. The van der Waals surface area contributed by atoms with Gasteiger partial charge in [0.1, 0.15) is 67.6 Å². The number of carbonyl (C=O) groups is 4. The summed E-state index contributed by atoms with van der Waals surface area (Å²) in [7, 11) is 0. The minimum absolute atomic E-state index is 0.0784. The normalized spacial score (nSPS) is 40.3. The van der Waals surface area contributed by atoms with Crippen LogP contribution in [-0.2, 0) is 76.0 Å². The zero-order valence-electron chi connectivity index (χ0n) is 46.5. The van der Waals surface area contributed by atoms with E-state index in [1.165, 1.54) is 40.7 Å². The first-order chi connectivity index (χ1) is 36.5. The van der Waals surface area contributed by atoms with Crippen molar-refractivity contribution < 1.29 is 112 Å². The number of hydrogen-bond acceptors (Lipinski definition) is 23. The monoisotopic (exact) mass is 1110 g/mol. The summed E-state index contributed by atoms with van der Waals surface area (Å²) >= 11 is 0. The molecule has 0 aliphatic carbocycles. The van der Waals surface area contributed by atoms with E-state index in [2.05, 4.69) is 6.92 Å². The molecule has 0 unspecified atom stereocenters. The Kier molecular flexibility index (Phi) is 25.9. The third kappa shape index (κ3) is 17.5. The molecule has 0 aromatic heterocycles.